The van der Waals surface area contributed by atoms with Gasteiger partial charge >= 0.3 is 5.97 Å². The molecule has 5 nitrogen and oxygen atoms in total. The molecule has 1 unspecified atom stereocenters. The number of hydrogen-bond donors (Lipinski definition) is 2. The number of guanidine groups is 1. The summed E-state index contributed by atoms with van der Waals surface area (Å²) in [5.41, 5.74) is 0. The minimum atomic E-state index is -0.146. The van der Waals surface area contributed by atoms with Crippen molar-refractivity contribution >= 4 is 35.9 Å². The highest BCUT2D eigenvalue weighted by molar-refractivity contribution is 14.0. The number of unbranched alkanes of at least 4 members (excludes halogenated alkanes) is 1. The predicted octanol–water partition coefficient (Wildman–Crippen LogP) is 3.72. The molecule has 138 valence electrons. The van der Waals surface area contributed by atoms with Crippen LogP contribution in [0.4, 0.5) is 0 Å². The number of methoxy groups -OCH3 is 1. The van der Waals surface area contributed by atoms with Crippen LogP contribution < -0.4 is 10.6 Å². The zero-order valence-corrected chi connectivity index (χ0v) is 17.8. The van der Waals surface area contributed by atoms with E-state index in [2.05, 4.69) is 48.1 Å². The Bertz CT molecular complexity index is 323. The van der Waals surface area contributed by atoms with E-state index in [0.717, 1.165) is 44.2 Å². The van der Waals surface area contributed by atoms with E-state index in [0.29, 0.717) is 12.5 Å². The van der Waals surface area contributed by atoms with Gasteiger partial charge in [0.15, 0.2) is 5.96 Å². The van der Waals surface area contributed by atoms with Gasteiger partial charge in [-0.1, -0.05) is 26.7 Å². The summed E-state index contributed by atoms with van der Waals surface area (Å²) in [4.78, 5) is 15.6. The quantitative estimate of drug-likeness (QED) is 0.169. The van der Waals surface area contributed by atoms with Crippen LogP contribution in [-0.4, -0.2) is 38.2 Å². The number of aliphatic imine (C=N–C) groups is 1. The number of halogens is 1. The van der Waals surface area contributed by atoms with Gasteiger partial charge in [0.05, 0.1) is 7.11 Å². The molecule has 0 aromatic heterocycles. The number of ether oxygens (including phenoxy) is 1. The fourth-order valence-corrected chi connectivity index (χ4v) is 2.13. The van der Waals surface area contributed by atoms with E-state index in [9.17, 15) is 4.79 Å². The van der Waals surface area contributed by atoms with E-state index in [1.54, 1.807) is 0 Å². The van der Waals surface area contributed by atoms with Crippen molar-refractivity contribution in [2.24, 2.45) is 10.9 Å². The van der Waals surface area contributed by atoms with Crippen molar-refractivity contribution in [3.63, 3.8) is 0 Å². The Labute approximate surface area is 159 Å². The van der Waals surface area contributed by atoms with Crippen molar-refractivity contribution in [3.8, 4) is 0 Å². The summed E-state index contributed by atoms with van der Waals surface area (Å²) in [5.74, 6) is 1.49. The maximum absolute atomic E-state index is 11.0. The van der Waals surface area contributed by atoms with E-state index in [-0.39, 0.29) is 29.9 Å². The fourth-order valence-electron chi connectivity index (χ4n) is 2.13. The highest BCUT2D eigenvalue weighted by atomic mass is 127. The molecule has 0 aliphatic carbocycles. The van der Waals surface area contributed by atoms with Crippen LogP contribution in [0.2, 0.25) is 0 Å². The third kappa shape index (κ3) is 16.1. The predicted molar refractivity (Wildman–Crippen MR) is 109 cm³/mol. The van der Waals surface area contributed by atoms with Gasteiger partial charge in [-0.05, 0) is 39.0 Å². The van der Waals surface area contributed by atoms with E-state index in [1.165, 1.54) is 20.0 Å². The zero-order chi connectivity index (χ0) is 16.8. The molecule has 1 atom stereocenters. The summed E-state index contributed by atoms with van der Waals surface area (Å²) in [6, 6.07) is 0.423. The fraction of sp³-hybridized carbons (Fsp3) is 0.882. The molecule has 0 aromatic carbocycles. The van der Waals surface area contributed by atoms with Crippen molar-refractivity contribution in [1.29, 1.82) is 0 Å². The molecular weight excluding hydrogens is 405 g/mol. The Morgan fingerprint density at radius 3 is 2.39 bits per heavy atom. The van der Waals surface area contributed by atoms with Crippen molar-refractivity contribution in [1.82, 2.24) is 10.6 Å². The molecule has 0 rings (SSSR count). The SMILES string of the molecule is CCNC(=NCCCCC(=O)OC)NC(C)CCCC(C)C.I. The number of hydrogen-bond acceptors (Lipinski definition) is 3. The second-order valence-corrected chi connectivity index (χ2v) is 6.16. The van der Waals surface area contributed by atoms with Crippen LogP contribution in [0, 0.1) is 5.92 Å². The van der Waals surface area contributed by atoms with Crippen LogP contribution in [-0.2, 0) is 9.53 Å². The van der Waals surface area contributed by atoms with E-state index in [1.807, 2.05) is 0 Å². The molecule has 0 aromatic rings. The van der Waals surface area contributed by atoms with Crippen LogP contribution in [0.15, 0.2) is 4.99 Å². The molecule has 0 radical (unpaired) electrons. The van der Waals surface area contributed by atoms with Crippen LogP contribution >= 0.6 is 24.0 Å². The van der Waals surface area contributed by atoms with Crippen molar-refractivity contribution in [2.45, 2.75) is 72.3 Å². The van der Waals surface area contributed by atoms with E-state index in [4.69, 9.17) is 0 Å². The Morgan fingerprint density at radius 2 is 1.83 bits per heavy atom. The Balaban J connectivity index is 0. The molecule has 0 fully saturated rings. The third-order valence-electron chi connectivity index (χ3n) is 3.43. The van der Waals surface area contributed by atoms with Crippen molar-refractivity contribution < 1.29 is 9.53 Å². The summed E-state index contributed by atoms with van der Waals surface area (Å²) >= 11 is 0. The average Bonchev–Trinajstić information content (AvgIpc) is 2.46. The molecular formula is C17H36IN3O2. The maximum atomic E-state index is 11.0. The monoisotopic (exact) mass is 441 g/mol. The molecule has 2 N–H and O–H groups in total. The number of esters is 1. The molecule has 0 aliphatic rings. The van der Waals surface area contributed by atoms with Gasteiger partial charge in [0.1, 0.15) is 0 Å². The van der Waals surface area contributed by atoms with Gasteiger partial charge in [-0.2, -0.15) is 0 Å². The lowest BCUT2D eigenvalue weighted by Gasteiger charge is -2.18. The smallest absolute Gasteiger partial charge is 0.305 e. The third-order valence-corrected chi connectivity index (χ3v) is 3.43. The van der Waals surface area contributed by atoms with Gasteiger partial charge in [0.2, 0.25) is 0 Å². The minimum Gasteiger partial charge on any atom is -0.469 e. The van der Waals surface area contributed by atoms with Gasteiger partial charge in [0.25, 0.3) is 0 Å². The van der Waals surface area contributed by atoms with Crippen molar-refractivity contribution in [2.75, 3.05) is 20.2 Å². The van der Waals surface area contributed by atoms with Crippen LogP contribution in [0.25, 0.3) is 0 Å². The average molecular weight is 441 g/mol. The zero-order valence-electron chi connectivity index (χ0n) is 15.5. The van der Waals surface area contributed by atoms with Gasteiger partial charge in [-0.25, -0.2) is 0 Å². The van der Waals surface area contributed by atoms with Gasteiger partial charge in [-0.15, -0.1) is 24.0 Å². The standard InChI is InChI=1S/C17H35N3O2.HI/c1-6-18-17(19-13-8-7-12-16(21)22-5)20-15(4)11-9-10-14(2)3;/h14-15H,6-13H2,1-5H3,(H2,18,19,20);1H. The number of carbonyl (C=O) groups excluding carboxylic acids is 1. The van der Waals surface area contributed by atoms with E-state index >= 15 is 0 Å². The van der Waals surface area contributed by atoms with Crippen LogP contribution in [0.1, 0.15) is 66.2 Å². The van der Waals surface area contributed by atoms with Crippen molar-refractivity contribution in [3.05, 3.63) is 0 Å². The summed E-state index contributed by atoms with van der Waals surface area (Å²) in [6.45, 7) is 10.4. The van der Waals surface area contributed by atoms with Gasteiger partial charge in [-0.3, -0.25) is 9.79 Å². The molecule has 0 spiro atoms. The van der Waals surface area contributed by atoms with Crippen LogP contribution in [0.3, 0.4) is 0 Å². The lowest BCUT2D eigenvalue weighted by atomic mass is 10.0. The Morgan fingerprint density at radius 1 is 1.13 bits per heavy atom. The lowest BCUT2D eigenvalue weighted by Crippen LogP contribution is -2.42. The van der Waals surface area contributed by atoms with Gasteiger partial charge in [0, 0.05) is 25.6 Å². The summed E-state index contributed by atoms with van der Waals surface area (Å²) in [7, 11) is 1.42. The normalized spacial score (nSPS) is 12.5. The summed E-state index contributed by atoms with van der Waals surface area (Å²) in [6.07, 6.45) is 5.86. The summed E-state index contributed by atoms with van der Waals surface area (Å²) < 4.78 is 4.62. The number of nitrogens with one attached hydrogen (secondary N) is 2. The highest BCUT2D eigenvalue weighted by Crippen LogP contribution is 2.08. The second-order valence-electron chi connectivity index (χ2n) is 6.16. The maximum Gasteiger partial charge on any atom is 0.305 e. The molecule has 23 heavy (non-hydrogen) atoms. The molecule has 6 heteroatoms. The largest absolute Gasteiger partial charge is 0.469 e. The number of carbonyl (C=O) groups is 1. The first-order valence-corrected chi connectivity index (χ1v) is 8.61. The molecule has 0 saturated heterocycles. The molecule has 0 amide bonds. The lowest BCUT2D eigenvalue weighted by molar-refractivity contribution is -0.140. The van der Waals surface area contributed by atoms with Gasteiger partial charge < -0.3 is 15.4 Å². The first-order chi connectivity index (χ1) is 10.5. The topological polar surface area (TPSA) is 62.7 Å². The summed E-state index contributed by atoms with van der Waals surface area (Å²) in [5, 5.41) is 6.72. The molecule has 0 heterocycles. The first kappa shape index (κ1) is 24.7. The number of rotatable bonds is 11. The molecule has 0 saturated carbocycles. The van der Waals surface area contributed by atoms with E-state index < -0.39 is 0 Å². The van der Waals surface area contributed by atoms with Crippen LogP contribution in [0.5, 0.6) is 0 Å². The Kier molecular flexibility index (Phi) is 17.6. The molecule has 0 bridgehead atoms. The number of nitrogens with zero attached hydrogens (tertiary/aromatic N) is 1. The minimum absolute atomic E-state index is 0. The Hall–Kier alpha value is -0.530. The second kappa shape index (κ2) is 16.3. The highest BCUT2D eigenvalue weighted by Gasteiger charge is 2.06. The first-order valence-electron chi connectivity index (χ1n) is 8.61. The molecule has 0 aliphatic heterocycles.